The number of benzene rings is 2. The minimum absolute atomic E-state index is 0.0294. The van der Waals surface area contributed by atoms with E-state index in [4.69, 9.17) is 4.74 Å². The lowest BCUT2D eigenvalue weighted by Gasteiger charge is -2.32. The second kappa shape index (κ2) is 6.06. The van der Waals surface area contributed by atoms with Gasteiger partial charge < -0.3 is 14.7 Å². The molecule has 1 amide bonds. The van der Waals surface area contributed by atoms with E-state index in [1.807, 2.05) is 24.3 Å². The monoisotopic (exact) mass is 363 g/mol. The molecule has 0 saturated carbocycles. The van der Waals surface area contributed by atoms with E-state index in [9.17, 15) is 14.7 Å². The standard InChI is InChI=1S/C16H14BrNO4/c17-13-4-3-10-7-12(2-1-11(10)8-13)15(19)18-5-6-22-9-14(18)16(20)21/h1-4,7-8,14H,5-6,9H2,(H,20,21). The van der Waals surface area contributed by atoms with Gasteiger partial charge in [0.15, 0.2) is 6.04 Å². The van der Waals surface area contributed by atoms with Crippen LogP contribution in [-0.2, 0) is 9.53 Å². The molecule has 22 heavy (non-hydrogen) atoms. The highest BCUT2D eigenvalue weighted by Crippen LogP contribution is 2.22. The second-order valence-electron chi connectivity index (χ2n) is 5.13. The van der Waals surface area contributed by atoms with Gasteiger partial charge >= 0.3 is 5.97 Å². The predicted octanol–water partition coefficient (Wildman–Crippen LogP) is 2.53. The van der Waals surface area contributed by atoms with E-state index in [1.165, 1.54) is 4.90 Å². The fourth-order valence-electron chi connectivity index (χ4n) is 2.57. The lowest BCUT2D eigenvalue weighted by Crippen LogP contribution is -2.52. The first-order valence-corrected chi connectivity index (χ1v) is 7.66. The highest BCUT2D eigenvalue weighted by atomic mass is 79.9. The third kappa shape index (κ3) is 2.84. The normalized spacial score (nSPS) is 18.4. The van der Waals surface area contributed by atoms with E-state index in [-0.39, 0.29) is 19.1 Å². The smallest absolute Gasteiger partial charge is 0.328 e. The number of nitrogens with zero attached hydrogens (tertiary/aromatic N) is 1. The molecule has 0 aromatic heterocycles. The van der Waals surface area contributed by atoms with Crippen LogP contribution in [0.15, 0.2) is 40.9 Å². The van der Waals surface area contributed by atoms with Crippen molar-refractivity contribution in [3.05, 3.63) is 46.4 Å². The molecule has 1 aliphatic rings. The first kappa shape index (κ1) is 15.0. The third-order valence-corrected chi connectivity index (χ3v) is 4.22. The summed E-state index contributed by atoms with van der Waals surface area (Å²) >= 11 is 3.41. The molecule has 1 unspecified atom stereocenters. The Labute approximate surface area is 135 Å². The Morgan fingerprint density at radius 3 is 2.68 bits per heavy atom. The van der Waals surface area contributed by atoms with E-state index in [1.54, 1.807) is 12.1 Å². The Morgan fingerprint density at radius 1 is 1.18 bits per heavy atom. The van der Waals surface area contributed by atoms with Crippen LogP contribution in [0.1, 0.15) is 10.4 Å². The molecule has 0 aliphatic carbocycles. The van der Waals surface area contributed by atoms with E-state index in [2.05, 4.69) is 15.9 Å². The molecule has 1 heterocycles. The first-order valence-electron chi connectivity index (χ1n) is 6.87. The van der Waals surface area contributed by atoms with Crippen LogP contribution in [0, 0.1) is 0 Å². The second-order valence-corrected chi connectivity index (χ2v) is 6.05. The Bertz CT molecular complexity index is 746. The van der Waals surface area contributed by atoms with Crippen molar-refractivity contribution in [1.82, 2.24) is 4.90 Å². The van der Waals surface area contributed by atoms with Crippen molar-refractivity contribution in [1.29, 1.82) is 0 Å². The number of morpholine rings is 1. The highest BCUT2D eigenvalue weighted by molar-refractivity contribution is 9.10. The average molecular weight is 364 g/mol. The number of carbonyl (C=O) groups excluding carboxylic acids is 1. The van der Waals surface area contributed by atoms with Gasteiger partial charge in [-0.1, -0.05) is 28.1 Å². The van der Waals surface area contributed by atoms with E-state index >= 15 is 0 Å². The largest absolute Gasteiger partial charge is 0.480 e. The molecule has 5 nitrogen and oxygen atoms in total. The molecular weight excluding hydrogens is 350 g/mol. The number of ether oxygens (including phenoxy) is 1. The van der Waals surface area contributed by atoms with Crippen LogP contribution >= 0.6 is 15.9 Å². The highest BCUT2D eigenvalue weighted by Gasteiger charge is 2.33. The number of aliphatic carboxylic acids is 1. The maximum atomic E-state index is 12.6. The van der Waals surface area contributed by atoms with Crippen LogP contribution in [0.25, 0.3) is 10.8 Å². The molecule has 0 radical (unpaired) electrons. The Hall–Kier alpha value is -1.92. The van der Waals surface area contributed by atoms with Crippen LogP contribution in [0.2, 0.25) is 0 Å². The summed E-state index contributed by atoms with van der Waals surface area (Å²) in [4.78, 5) is 25.3. The number of rotatable bonds is 2. The summed E-state index contributed by atoms with van der Waals surface area (Å²) in [6.45, 7) is 0.672. The summed E-state index contributed by atoms with van der Waals surface area (Å²) in [5.41, 5.74) is 0.489. The van der Waals surface area contributed by atoms with Gasteiger partial charge in [-0.2, -0.15) is 0 Å². The van der Waals surface area contributed by atoms with E-state index in [0.717, 1.165) is 15.2 Å². The molecule has 0 spiro atoms. The van der Waals surface area contributed by atoms with Crippen molar-refractivity contribution in [3.8, 4) is 0 Å². The molecule has 0 bridgehead atoms. The lowest BCUT2D eigenvalue weighted by molar-refractivity contribution is -0.147. The maximum absolute atomic E-state index is 12.6. The number of carbonyl (C=O) groups is 2. The topological polar surface area (TPSA) is 66.8 Å². The molecule has 6 heteroatoms. The van der Waals surface area contributed by atoms with E-state index < -0.39 is 12.0 Å². The number of fused-ring (bicyclic) bond motifs is 1. The summed E-state index contributed by atoms with van der Waals surface area (Å²) in [7, 11) is 0. The molecule has 1 saturated heterocycles. The SMILES string of the molecule is O=C(O)C1COCCN1C(=O)c1ccc2cc(Br)ccc2c1. The fourth-order valence-corrected chi connectivity index (χ4v) is 2.95. The van der Waals surface area contributed by atoms with Crippen LogP contribution in [0.4, 0.5) is 0 Å². The zero-order valence-corrected chi connectivity index (χ0v) is 13.2. The molecule has 3 rings (SSSR count). The number of carboxylic acids is 1. The Kier molecular flexibility index (Phi) is 4.13. The summed E-state index contributed by atoms with van der Waals surface area (Å²) < 4.78 is 6.13. The fraction of sp³-hybridized carbons (Fsp3) is 0.250. The van der Waals surface area contributed by atoms with Crippen molar-refractivity contribution >= 4 is 38.6 Å². The molecule has 1 fully saturated rings. The summed E-state index contributed by atoms with van der Waals surface area (Å²) in [5.74, 6) is -1.32. The van der Waals surface area contributed by atoms with Crippen molar-refractivity contribution in [2.45, 2.75) is 6.04 Å². The van der Waals surface area contributed by atoms with Crippen LogP contribution in [0.5, 0.6) is 0 Å². The maximum Gasteiger partial charge on any atom is 0.328 e. The number of hydrogen-bond donors (Lipinski definition) is 1. The minimum Gasteiger partial charge on any atom is -0.480 e. The molecule has 1 N–H and O–H groups in total. The van der Waals surface area contributed by atoms with Crippen molar-refractivity contribution in [2.24, 2.45) is 0 Å². The molecule has 2 aromatic rings. The van der Waals surface area contributed by atoms with Gasteiger partial charge in [0.05, 0.1) is 13.2 Å². The first-order chi connectivity index (χ1) is 10.6. The van der Waals surface area contributed by atoms with Crippen molar-refractivity contribution in [2.75, 3.05) is 19.8 Å². The number of hydrogen-bond acceptors (Lipinski definition) is 3. The molecule has 1 atom stereocenters. The van der Waals surface area contributed by atoms with Gasteiger partial charge in [0, 0.05) is 16.6 Å². The minimum atomic E-state index is -1.04. The van der Waals surface area contributed by atoms with Gasteiger partial charge in [0.1, 0.15) is 0 Å². The van der Waals surface area contributed by atoms with Gasteiger partial charge in [0.25, 0.3) is 5.91 Å². The van der Waals surface area contributed by atoms with Crippen LogP contribution in [-0.4, -0.2) is 47.7 Å². The Morgan fingerprint density at radius 2 is 1.91 bits per heavy atom. The summed E-state index contributed by atoms with van der Waals surface area (Å²) in [5, 5.41) is 11.2. The summed E-state index contributed by atoms with van der Waals surface area (Å²) in [6.07, 6.45) is 0. The molecule has 2 aromatic carbocycles. The van der Waals surface area contributed by atoms with Crippen LogP contribution in [0.3, 0.4) is 0 Å². The van der Waals surface area contributed by atoms with Gasteiger partial charge in [-0.05, 0) is 35.0 Å². The van der Waals surface area contributed by atoms with Gasteiger partial charge in [0.2, 0.25) is 0 Å². The molecule has 1 aliphatic heterocycles. The third-order valence-electron chi connectivity index (χ3n) is 3.72. The molecule has 114 valence electrons. The van der Waals surface area contributed by atoms with Crippen LogP contribution < -0.4 is 0 Å². The average Bonchev–Trinajstić information content (AvgIpc) is 2.53. The lowest BCUT2D eigenvalue weighted by atomic mass is 10.1. The number of amides is 1. The molecular formula is C16H14BrNO4. The van der Waals surface area contributed by atoms with Gasteiger partial charge in [-0.15, -0.1) is 0 Å². The van der Waals surface area contributed by atoms with Gasteiger partial charge in [-0.25, -0.2) is 4.79 Å². The quantitative estimate of drug-likeness (QED) is 0.890. The number of halogens is 1. The summed E-state index contributed by atoms with van der Waals surface area (Å²) in [6, 6.07) is 10.3. The predicted molar refractivity (Wildman–Crippen MR) is 84.9 cm³/mol. The number of carboxylic acid groups (broad SMARTS) is 1. The van der Waals surface area contributed by atoms with Crippen molar-refractivity contribution < 1.29 is 19.4 Å². The zero-order chi connectivity index (χ0) is 15.7. The van der Waals surface area contributed by atoms with E-state index in [0.29, 0.717) is 12.2 Å². The zero-order valence-electron chi connectivity index (χ0n) is 11.7. The van der Waals surface area contributed by atoms with Crippen molar-refractivity contribution in [3.63, 3.8) is 0 Å². The Balaban J connectivity index is 1.93. The van der Waals surface area contributed by atoms with Gasteiger partial charge in [-0.3, -0.25) is 4.79 Å².